The summed E-state index contributed by atoms with van der Waals surface area (Å²) in [5.74, 6) is 1.57. The van der Waals surface area contributed by atoms with Crippen LogP contribution in [-0.4, -0.2) is 30.3 Å². The van der Waals surface area contributed by atoms with Gasteiger partial charge in [-0.15, -0.1) is 11.8 Å². The number of ether oxygens (including phenoxy) is 2. The second-order valence-electron chi connectivity index (χ2n) is 6.71. The number of nitrogens with zero attached hydrogens (tertiary/aromatic N) is 1. The Kier molecular flexibility index (Phi) is 6.99. The quantitative estimate of drug-likeness (QED) is 0.350. The van der Waals surface area contributed by atoms with Crippen molar-refractivity contribution in [3.63, 3.8) is 0 Å². The third-order valence-electron chi connectivity index (χ3n) is 4.75. The van der Waals surface area contributed by atoms with Crippen LogP contribution in [0.2, 0.25) is 0 Å². The molecule has 0 heterocycles. The molecule has 152 valence electrons. The Labute approximate surface area is 175 Å². The van der Waals surface area contributed by atoms with E-state index in [9.17, 15) is 9.90 Å². The molecule has 0 amide bonds. The molecule has 1 saturated carbocycles. The minimum Gasteiger partial charge on any atom is -0.497 e. The van der Waals surface area contributed by atoms with Gasteiger partial charge in [0.15, 0.2) is 0 Å². The Morgan fingerprint density at radius 1 is 1.21 bits per heavy atom. The van der Waals surface area contributed by atoms with E-state index in [1.54, 1.807) is 39.0 Å². The molecule has 0 saturated heterocycles. The molecule has 0 unspecified atom stereocenters. The van der Waals surface area contributed by atoms with E-state index in [0.29, 0.717) is 23.0 Å². The van der Waals surface area contributed by atoms with E-state index >= 15 is 0 Å². The Morgan fingerprint density at radius 3 is 2.59 bits per heavy atom. The number of carbonyl (C=O) groups is 1. The number of rotatable bonds is 8. The van der Waals surface area contributed by atoms with Crippen LogP contribution in [0.1, 0.15) is 30.9 Å². The molecule has 0 atom stereocenters. The standard InChI is InChI=1S/C23H25NO4S/c1-4-18(23(25)26)19-9-6-10-21(28-3)20(19)14-29-22(15-11-12-15)24-16-7-5-8-17(13-16)27-2/h4-10,13,15H,11-12,14H2,1-3H3,(H,25,26). The van der Waals surface area contributed by atoms with E-state index in [1.807, 2.05) is 42.5 Å². The molecule has 0 spiro atoms. The number of aliphatic imine (C=N–C) groups is 1. The molecule has 2 aromatic carbocycles. The van der Waals surface area contributed by atoms with Gasteiger partial charge in [0, 0.05) is 23.3 Å². The normalized spacial score (nSPS) is 14.6. The zero-order valence-corrected chi connectivity index (χ0v) is 17.7. The molecule has 0 radical (unpaired) electrons. The van der Waals surface area contributed by atoms with Gasteiger partial charge in [0.05, 0.1) is 30.5 Å². The number of carboxylic acids is 1. The van der Waals surface area contributed by atoms with Crippen LogP contribution in [0.3, 0.4) is 0 Å². The highest BCUT2D eigenvalue weighted by Gasteiger charge is 2.29. The van der Waals surface area contributed by atoms with Crippen molar-refractivity contribution < 1.29 is 19.4 Å². The lowest BCUT2D eigenvalue weighted by molar-refractivity contribution is -0.130. The SMILES string of the molecule is CC=C(C(=O)O)c1cccc(OC)c1CSC(=Nc1cccc(OC)c1)C1CC1. The summed E-state index contributed by atoms with van der Waals surface area (Å²) in [6, 6.07) is 13.2. The number of aliphatic carboxylic acids is 1. The predicted octanol–water partition coefficient (Wildman–Crippen LogP) is 5.57. The van der Waals surface area contributed by atoms with Gasteiger partial charge in [-0.3, -0.25) is 0 Å². The molecule has 1 N–H and O–H groups in total. The molecule has 1 aliphatic rings. The second-order valence-corrected chi connectivity index (χ2v) is 7.70. The maximum Gasteiger partial charge on any atom is 0.335 e. The first kappa shape index (κ1) is 21.0. The number of hydrogen-bond acceptors (Lipinski definition) is 5. The van der Waals surface area contributed by atoms with Gasteiger partial charge in [0.2, 0.25) is 0 Å². The van der Waals surface area contributed by atoms with Crippen LogP contribution in [0.5, 0.6) is 11.5 Å². The van der Waals surface area contributed by atoms with Crippen LogP contribution >= 0.6 is 11.8 Å². The third kappa shape index (κ3) is 5.21. The minimum absolute atomic E-state index is 0.275. The zero-order chi connectivity index (χ0) is 20.8. The number of hydrogen-bond donors (Lipinski definition) is 1. The molecule has 5 nitrogen and oxygen atoms in total. The van der Waals surface area contributed by atoms with Gasteiger partial charge < -0.3 is 14.6 Å². The van der Waals surface area contributed by atoms with Crippen molar-refractivity contribution in [3.05, 3.63) is 59.7 Å². The summed E-state index contributed by atoms with van der Waals surface area (Å²) in [4.78, 5) is 16.5. The lowest BCUT2D eigenvalue weighted by atomic mass is 9.99. The first-order chi connectivity index (χ1) is 14.1. The van der Waals surface area contributed by atoms with Gasteiger partial charge in [-0.05, 0) is 43.5 Å². The van der Waals surface area contributed by atoms with E-state index < -0.39 is 5.97 Å². The maximum atomic E-state index is 11.7. The van der Waals surface area contributed by atoms with Crippen molar-refractivity contribution in [1.29, 1.82) is 0 Å². The third-order valence-corrected chi connectivity index (χ3v) is 5.90. The van der Waals surface area contributed by atoms with Gasteiger partial charge >= 0.3 is 5.97 Å². The molecule has 0 bridgehead atoms. The second kappa shape index (κ2) is 9.65. The van der Waals surface area contributed by atoms with Crippen LogP contribution in [0, 0.1) is 5.92 Å². The smallest absolute Gasteiger partial charge is 0.335 e. The first-order valence-corrected chi connectivity index (χ1v) is 10.5. The van der Waals surface area contributed by atoms with Crippen LogP contribution < -0.4 is 9.47 Å². The number of thioether (sulfide) groups is 1. The van der Waals surface area contributed by atoms with E-state index in [1.165, 1.54) is 0 Å². The van der Waals surface area contributed by atoms with Crippen molar-refractivity contribution >= 4 is 34.0 Å². The Hall–Kier alpha value is -2.73. The average molecular weight is 412 g/mol. The molecule has 6 heteroatoms. The highest BCUT2D eigenvalue weighted by Crippen LogP contribution is 2.40. The van der Waals surface area contributed by atoms with E-state index in [-0.39, 0.29) is 5.57 Å². The fraction of sp³-hybridized carbons (Fsp3) is 0.304. The molecule has 0 aromatic heterocycles. The van der Waals surface area contributed by atoms with Crippen LogP contribution in [0.15, 0.2) is 53.5 Å². The largest absolute Gasteiger partial charge is 0.497 e. The summed E-state index contributed by atoms with van der Waals surface area (Å²) in [7, 11) is 3.25. The first-order valence-electron chi connectivity index (χ1n) is 9.48. The van der Waals surface area contributed by atoms with Crippen LogP contribution in [-0.2, 0) is 10.5 Å². The van der Waals surface area contributed by atoms with Crippen molar-refractivity contribution in [2.24, 2.45) is 10.9 Å². The highest BCUT2D eigenvalue weighted by molar-refractivity contribution is 8.13. The monoisotopic (exact) mass is 411 g/mol. The van der Waals surface area contributed by atoms with Crippen molar-refractivity contribution in [2.45, 2.75) is 25.5 Å². The molecule has 1 fully saturated rings. The average Bonchev–Trinajstić information content (AvgIpc) is 3.57. The van der Waals surface area contributed by atoms with Gasteiger partial charge in [-0.2, -0.15) is 0 Å². The summed E-state index contributed by atoms with van der Waals surface area (Å²) in [5.41, 5.74) is 2.69. The predicted molar refractivity (Wildman–Crippen MR) is 118 cm³/mol. The summed E-state index contributed by atoms with van der Waals surface area (Å²) in [5, 5.41) is 10.6. The zero-order valence-electron chi connectivity index (χ0n) is 16.8. The summed E-state index contributed by atoms with van der Waals surface area (Å²) in [6.45, 7) is 1.74. The topological polar surface area (TPSA) is 68.1 Å². The number of carboxylic acid groups (broad SMARTS) is 1. The van der Waals surface area contributed by atoms with Crippen molar-refractivity contribution in [3.8, 4) is 11.5 Å². The lowest BCUT2D eigenvalue weighted by Gasteiger charge is -2.15. The molecule has 29 heavy (non-hydrogen) atoms. The number of benzene rings is 2. The van der Waals surface area contributed by atoms with Crippen LogP contribution in [0.4, 0.5) is 5.69 Å². The van der Waals surface area contributed by atoms with Gasteiger partial charge in [-0.25, -0.2) is 9.79 Å². The van der Waals surface area contributed by atoms with Crippen LogP contribution in [0.25, 0.3) is 5.57 Å². The molecule has 0 aliphatic heterocycles. The molecular weight excluding hydrogens is 386 g/mol. The number of allylic oxidation sites excluding steroid dienone is 1. The molecule has 2 aromatic rings. The lowest BCUT2D eigenvalue weighted by Crippen LogP contribution is -2.05. The Morgan fingerprint density at radius 2 is 1.97 bits per heavy atom. The van der Waals surface area contributed by atoms with Gasteiger partial charge in [-0.1, -0.05) is 24.3 Å². The Balaban J connectivity index is 1.90. The summed E-state index contributed by atoms with van der Waals surface area (Å²) >= 11 is 1.65. The fourth-order valence-corrected chi connectivity index (χ4v) is 4.31. The molecule has 3 rings (SSSR count). The highest BCUT2D eigenvalue weighted by atomic mass is 32.2. The summed E-state index contributed by atoms with van der Waals surface area (Å²) in [6.07, 6.45) is 3.88. The summed E-state index contributed by atoms with van der Waals surface area (Å²) < 4.78 is 10.8. The van der Waals surface area contributed by atoms with E-state index in [0.717, 1.165) is 34.9 Å². The van der Waals surface area contributed by atoms with E-state index in [4.69, 9.17) is 14.5 Å². The maximum absolute atomic E-state index is 11.7. The number of methoxy groups -OCH3 is 2. The van der Waals surface area contributed by atoms with Crippen molar-refractivity contribution in [1.82, 2.24) is 0 Å². The minimum atomic E-state index is -0.945. The van der Waals surface area contributed by atoms with Gasteiger partial charge in [0.25, 0.3) is 0 Å². The molecular formula is C23H25NO4S. The van der Waals surface area contributed by atoms with Gasteiger partial charge in [0.1, 0.15) is 11.5 Å². The Bertz CT molecular complexity index is 948. The van der Waals surface area contributed by atoms with E-state index in [2.05, 4.69) is 0 Å². The van der Waals surface area contributed by atoms with Crippen molar-refractivity contribution in [2.75, 3.05) is 14.2 Å². The fourth-order valence-electron chi connectivity index (χ4n) is 3.08. The molecule has 1 aliphatic carbocycles.